The molecule has 1 heterocycles. The number of thiophene rings is 1. The Morgan fingerprint density at radius 1 is 1.15 bits per heavy atom. The third-order valence-electron chi connectivity index (χ3n) is 2.34. The number of anilines is 1. The van der Waals surface area contributed by atoms with E-state index in [2.05, 4.69) is 15.9 Å². The van der Waals surface area contributed by atoms with Crippen LogP contribution in [-0.4, -0.2) is 8.42 Å². The van der Waals surface area contributed by atoms with Crippen molar-refractivity contribution in [2.75, 3.05) is 4.72 Å². The number of aryl methyl sites for hydroxylation is 1. The van der Waals surface area contributed by atoms with Crippen molar-refractivity contribution in [3.63, 3.8) is 0 Å². The summed E-state index contributed by atoms with van der Waals surface area (Å²) in [7, 11) is -3.98. The van der Waals surface area contributed by atoms with Crippen LogP contribution in [0.2, 0.25) is 0 Å². The van der Waals surface area contributed by atoms with Crippen molar-refractivity contribution in [3.8, 4) is 0 Å². The molecule has 108 valence electrons. The summed E-state index contributed by atoms with van der Waals surface area (Å²) >= 11 is 4.14. The molecule has 0 amide bonds. The van der Waals surface area contributed by atoms with Gasteiger partial charge < -0.3 is 0 Å². The number of sulfonamides is 1. The van der Waals surface area contributed by atoms with Crippen molar-refractivity contribution in [3.05, 3.63) is 45.0 Å². The first-order chi connectivity index (χ1) is 9.20. The number of nitrogens with one attached hydrogen (secondary N) is 1. The lowest BCUT2D eigenvalue weighted by Gasteiger charge is -2.07. The zero-order valence-corrected chi connectivity index (χ0v) is 13.1. The first-order valence-electron chi connectivity index (χ1n) is 5.14. The van der Waals surface area contributed by atoms with Gasteiger partial charge in [-0.2, -0.15) is 0 Å². The second kappa shape index (κ2) is 5.38. The first-order valence-corrected chi connectivity index (χ1v) is 8.23. The summed E-state index contributed by atoms with van der Waals surface area (Å²) in [5, 5.41) is 0. The average Bonchev–Trinajstić information content (AvgIpc) is 2.67. The predicted molar refractivity (Wildman–Crippen MR) is 73.9 cm³/mol. The van der Waals surface area contributed by atoms with E-state index < -0.39 is 27.5 Å². The van der Waals surface area contributed by atoms with Crippen molar-refractivity contribution in [2.24, 2.45) is 0 Å². The van der Waals surface area contributed by atoms with Crippen LogP contribution in [0, 0.1) is 24.4 Å². The Morgan fingerprint density at radius 2 is 1.70 bits per heavy atom. The van der Waals surface area contributed by atoms with Gasteiger partial charge in [0.25, 0.3) is 10.0 Å². The number of benzene rings is 1. The van der Waals surface area contributed by atoms with E-state index in [4.69, 9.17) is 0 Å². The van der Waals surface area contributed by atoms with Crippen LogP contribution in [0.25, 0.3) is 0 Å². The van der Waals surface area contributed by atoms with Gasteiger partial charge in [-0.25, -0.2) is 21.6 Å². The van der Waals surface area contributed by atoms with E-state index in [-0.39, 0.29) is 9.90 Å². The summed E-state index contributed by atoms with van der Waals surface area (Å²) < 4.78 is 65.5. The zero-order chi connectivity index (χ0) is 15.1. The Bertz CT molecular complexity index is 731. The van der Waals surface area contributed by atoms with Crippen LogP contribution < -0.4 is 4.72 Å². The minimum Gasteiger partial charge on any atom is -0.279 e. The van der Waals surface area contributed by atoms with E-state index in [0.29, 0.717) is 21.5 Å². The van der Waals surface area contributed by atoms with Gasteiger partial charge in [-0.1, -0.05) is 0 Å². The van der Waals surface area contributed by atoms with Gasteiger partial charge >= 0.3 is 0 Å². The molecule has 0 spiro atoms. The summed E-state index contributed by atoms with van der Waals surface area (Å²) in [6.45, 7) is 1.71. The van der Waals surface area contributed by atoms with Crippen LogP contribution in [0.15, 0.2) is 26.2 Å². The minimum absolute atomic E-state index is 0.0213. The first kappa shape index (κ1) is 15.3. The lowest BCUT2D eigenvalue weighted by Crippen LogP contribution is -2.12. The van der Waals surface area contributed by atoms with Gasteiger partial charge in [0.15, 0.2) is 17.5 Å². The lowest BCUT2D eigenvalue weighted by atomic mass is 10.3. The highest BCUT2D eigenvalue weighted by atomic mass is 79.9. The second-order valence-corrected chi connectivity index (χ2v) is 8.16. The average molecular weight is 386 g/mol. The van der Waals surface area contributed by atoms with Crippen molar-refractivity contribution in [1.82, 2.24) is 0 Å². The van der Waals surface area contributed by atoms with Gasteiger partial charge in [0.05, 0.1) is 9.47 Å². The Hall–Kier alpha value is -1.06. The Morgan fingerprint density at radius 3 is 2.15 bits per heavy atom. The maximum Gasteiger partial charge on any atom is 0.271 e. The molecule has 0 fully saturated rings. The van der Waals surface area contributed by atoms with E-state index in [0.717, 1.165) is 11.3 Å². The molecule has 2 rings (SSSR count). The van der Waals surface area contributed by atoms with Gasteiger partial charge in [0.2, 0.25) is 0 Å². The smallest absolute Gasteiger partial charge is 0.271 e. The lowest BCUT2D eigenvalue weighted by molar-refractivity contribution is 0.448. The predicted octanol–water partition coefficient (Wildman–Crippen LogP) is 4.04. The van der Waals surface area contributed by atoms with Crippen LogP contribution in [-0.2, 0) is 10.0 Å². The molecule has 3 nitrogen and oxygen atoms in total. The van der Waals surface area contributed by atoms with Crippen LogP contribution in [0.3, 0.4) is 0 Å². The summed E-state index contributed by atoms with van der Waals surface area (Å²) in [5.74, 6) is -4.58. The normalized spacial score (nSPS) is 11.7. The van der Waals surface area contributed by atoms with Gasteiger partial charge in [-0.3, -0.25) is 4.72 Å². The minimum atomic E-state index is -3.98. The van der Waals surface area contributed by atoms with Gasteiger partial charge in [0.1, 0.15) is 4.21 Å². The molecule has 0 aliphatic heterocycles. The molecule has 0 unspecified atom stereocenters. The molecule has 9 heteroatoms. The SMILES string of the molecule is Cc1cc(S(=O)(=O)Nc2cc(F)c(F)c(F)c2)sc1Br. The van der Waals surface area contributed by atoms with E-state index in [1.807, 2.05) is 4.72 Å². The molecule has 0 aliphatic rings. The van der Waals surface area contributed by atoms with Crippen molar-refractivity contribution < 1.29 is 21.6 Å². The Balaban J connectivity index is 2.38. The van der Waals surface area contributed by atoms with Crippen molar-refractivity contribution in [2.45, 2.75) is 11.1 Å². The molecular formula is C11H7BrF3NO2S2. The fourth-order valence-electron chi connectivity index (χ4n) is 1.38. The van der Waals surface area contributed by atoms with E-state index in [9.17, 15) is 21.6 Å². The van der Waals surface area contributed by atoms with E-state index in [1.54, 1.807) is 6.92 Å². The quantitative estimate of drug-likeness (QED) is 0.810. The third kappa shape index (κ3) is 2.99. The van der Waals surface area contributed by atoms with Crippen LogP contribution in [0.4, 0.5) is 18.9 Å². The van der Waals surface area contributed by atoms with Crippen LogP contribution in [0.5, 0.6) is 0 Å². The van der Waals surface area contributed by atoms with Gasteiger partial charge in [-0.05, 0) is 34.5 Å². The highest BCUT2D eigenvalue weighted by Gasteiger charge is 2.20. The summed E-state index contributed by atoms with van der Waals surface area (Å²) in [5.41, 5.74) is 0.329. The van der Waals surface area contributed by atoms with Crippen LogP contribution >= 0.6 is 27.3 Å². The van der Waals surface area contributed by atoms with Gasteiger partial charge in [-0.15, -0.1) is 11.3 Å². The molecule has 0 aliphatic carbocycles. The molecule has 0 bridgehead atoms. The number of hydrogen-bond donors (Lipinski definition) is 1. The molecule has 20 heavy (non-hydrogen) atoms. The monoisotopic (exact) mass is 385 g/mol. The van der Waals surface area contributed by atoms with Crippen LogP contribution in [0.1, 0.15) is 5.56 Å². The maximum atomic E-state index is 13.0. The summed E-state index contributed by atoms with van der Waals surface area (Å²) in [6, 6.07) is 2.56. The fourth-order valence-corrected chi connectivity index (χ4v) is 4.65. The Kier molecular flexibility index (Phi) is 4.12. The highest BCUT2D eigenvalue weighted by molar-refractivity contribution is 9.11. The second-order valence-electron chi connectivity index (χ2n) is 3.88. The van der Waals surface area contributed by atoms with E-state index in [1.165, 1.54) is 6.07 Å². The standard InChI is InChI=1S/C11H7BrF3NO2S2/c1-5-2-9(19-11(5)12)20(17,18)16-6-3-7(13)10(15)8(14)4-6/h2-4,16H,1H3. The molecule has 0 radical (unpaired) electrons. The number of halogens is 4. The molecule has 0 saturated heterocycles. The largest absolute Gasteiger partial charge is 0.279 e. The molecule has 1 aromatic heterocycles. The molecule has 0 saturated carbocycles. The number of hydrogen-bond acceptors (Lipinski definition) is 3. The molecular weight excluding hydrogens is 379 g/mol. The molecule has 1 aromatic carbocycles. The topological polar surface area (TPSA) is 46.2 Å². The summed E-state index contributed by atoms with van der Waals surface area (Å²) in [6.07, 6.45) is 0. The fraction of sp³-hybridized carbons (Fsp3) is 0.0909. The number of rotatable bonds is 3. The zero-order valence-electron chi connectivity index (χ0n) is 9.88. The van der Waals surface area contributed by atoms with Crippen molar-refractivity contribution >= 4 is 43.0 Å². The third-order valence-corrected chi connectivity index (χ3v) is 6.33. The van der Waals surface area contributed by atoms with Crippen molar-refractivity contribution in [1.29, 1.82) is 0 Å². The Labute approximate surface area is 125 Å². The summed E-state index contributed by atoms with van der Waals surface area (Å²) in [4.78, 5) is 0. The van der Waals surface area contributed by atoms with E-state index >= 15 is 0 Å². The maximum absolute atomic E-state index is 13.0. The molecule has 2 aromatic rings. The molecule has 1 N–H and O–H groups in total. The highest BCUT2D eigenvalue weighted by Crippen LogP contribution is 2.31. The molecule has 0 atom stereocenters. The van der Waals surface area contributed by atoms with Gasteiger partial charge in [0, 0.05) is 12.1 Å².